The van der Waals surface area contributed by atoms with Crippen LogP contribution in [0.15, 0.2) is 0 Å². The number of amides is 2. The maximum absolute atomic E-state index is 11.5. The number of nitrogens with one attached hydrogen (secondary N) is 2. The summed E-state index contributed by atoms with van der Waals surface area (Å²) in [6.07, 6.45) is 1.76. The van der Waals surface area contributed by atoms with Crippen LogP contribution in [0.4, 0.5) is 0 Å². The van der Waals surface area contributed by atoms with E-state index >= 15 is 0 Å². The SMILES string of the molecule is CCNCC(=O)NC1CCN(CC(N)=O)CC1. The fraction of sp³-hybridized carbons (Fsp3) is 0.818. The number of hydrogen-bond donors (Lipinski definition) is 3. The smallest absolute Gasteiger partial charge is 0.234 e. The van der Waals surface area contributed by atoms with Gasteiger partial charge < -0.3 is 16.4 Å². The molecule has 6 nitrogen and oxygen atoms in total. The molecule has 0 bridgehead atoms. The minimum atomic E-state index is -0.292. The second-order valence-electron chi connectivity index (χ2n) is 4.36. The first-order valence-electron chi connectivity index (χ1n) is 6.12. The van der Waals surface area contributed by atoms with Gasteiger partial charge in [-0.1, -0.05) is 6.92 Å². The number of piperidine rings is 1. The van der Waals surface area contributed by atoms with Crippen LogP contribution in [0, 0.1) is 0 Å². The second-order valence-corrected chi connectivity index (χ2v) is 4.36. The van der Waals surface area contributed by atoms with Crippen molar-refractivity contribution in [2.24, 2.45) is 5.73 Å². The number of likely N-dealkylation sites (N-methyl/N-ethyl adjacent to an activating group) is 1. The molecule has 0 radical (unpaired) electrons. The Morgan fingerprint density at radius 1 is 1.35 bits per heavy atom. The first-order valence-corrected chi connectivity index (χ1v) is 6.12. The number of nitrogens with zero attached hydrogens (tertiary/aromatic N) is 1. The van der Waals surface area contributed by atoms with E-state index in [9.17, 15) is 9.59 Å². The molecule has 1 aliphatic rings. The van der Waals surface area contributed by atoms with E-state index in [1.165, 1.54) is 0 Å². The minimum Gasteiger partial charge on any atom is -0.369 e. The minimum absolute atomic E-state index is 0.0419. The summed E-state index contributed by atoms with van der Waals surface area (Å²) in [6.45, 7) is 5.08. The van der Waals surface area contributed by atoms with Gasteiger partial charge in [0.15, 0.2) is 0 Å². The molecule has 2 amide bonds. The molecule has 1 aliphatic heterocycles. The van der Waals surface area contributed by atoms with Crippen molar-refractivity contribution in [2.45, 2.75) is 25.8 Å². The molecule has 98 valence electrons. The summed E-state index contributed by atoms with van der Waals surface area (Å²) >= 11 is 0. The summed E-state index contributed by atoms with van der Waals surface area (Å²) in [4.78, 5) is 24.2. The molecule has 0 aromatic rings. The van der Waals surface area contributed by atoms with Crippen molar-refractivity contribution >= 4 is 11.8 Å². The van der Waals surface area contributed by atoms with Gasteiger partial charge in [0, 0.05) is 19.1 Å². The number of carbonyl (C=O) groups is 2. The summed E-state index contributed by atoms with van der Waals surface area (Å²) in [7, 11) is 0. The van der Waals surface area contributed by atoms with Crippen LogP contribution in [-0.2, 0) is 9.59 Å². The highest BCUT2D eigenvalue weighted by atomic mass is 16.2. The highest BCUT2D eigenvalue weighted by Crippen LogP contribution is 2.09. The molecule has 6 heteroatoms. The molecule has 0 aliphatic carbocycles. The molecular formula is C11H22N4O2. The van der Waals surface area contributed by atoms with E-state index in [0.717, 1.165) is 32.5 Å². The van der Waals surface area contributed by atoms with Crippen molar-refractivity contribution in [2.75, 3.05) is 32.7 Å². The highest BCUT2D eigenvalue weighted by molar-refractivity contribution is 5.78. The molecule has 0 aromatic heterocycles. The van der Waals surface area contributed by atoms with Gasteiger partial charge in [0.05, 0.1) is 13.1 Å². The normalized spacial score (nSPS) is 17.9. The molecule has 1 heterocycles. The lowest BCUT2D eigenvalue weighted by Crippen LogP contribution is -2.48. The van der Waals surface area contributed by atoms with Crippen LogP contribution in [-0.4, -0.2) is 55.5 Å². The van der Waals surface area contributed by atoms with Gasteiger partial charge >= 0.3 is 0 Å². The Bertz CT molecular complexity index is 262. The molecule has 0 aromatic carbocycles. The Labute approximate surface area is 102 Å². The van der Waals surface area contributed by atoms with Crippen molar-refractivity contribution in [1.29, 1.82) is 0 Å². The topological polar surface area (TPSA) is 87.5 Å². The first kappa shape index (κ1) is 13.9. The van der Waals surface area contributed by atoms with Gasteiger partial charge in [-0.15, -0.1) is 0 Å². The lowest BCUT2D eigenvalue weighted by atomic mass is 10.1. The van der Waals surface area contributed by atoms with Crippen molar-refractivity contribution in [3.63, 3.8) is 0 Å². The Kier molecular flexibility index (Phi) is 5.93. The molecule has 4 N–H and O–H groups in total. The maximum Gasteiger partial charge on any atom is 0.234 e. The molecule has 0 unspecified atom stereocenters. The van der Waals surface area contributed by atoms with E-state index in [1.807, 2.05) is 11.8 Å². The highest BCUT2D eigenvalue weighted by Gasteiger charge is 2.21. The monoisotopic (exact) mass is 242 g/mol. The van der Waals surface area contributed by atoms with Crippen LogP contribution in [0.1, 0.15) is 19.8 Å². The summed E-state index contributed by atoms with van der Waals surface area (Å²) in [5.41, 5.74) is 5.13. The quantitative estimate of drug-likeness (QED) is 0.538. The van der Waals surface area contributed by atoms with Gasteiger partial charge in [0.2, 0.25) is 11.8 Å². The number of carbonyl (C=O) groups excluding carboxylic acids is 2. The van der Waals surface area contributed by atoms with Gasteiger partial charge in [0.25, 0.3) is 0 Å². The van der Waals surface area contributed by atoms with Crippen LogP contribution in [0.25, 0.3) is 0 Å². The predicted molar refractivity (Wildman–Crippen MR) is 65.3 cm³/mol. The summed E-state index contributed by atoms with van der Waals surface area (Å²) < 4.78 is 0. The lowest BCUT2D eigenvalue weighted by Gasteiger charge is -2.31. The first-order chi connectivity index (χ1) is 8.11. The second kappa shape index (κ2) is 7.24. The lowest BCUT2D eigenvalue weighted by molar-refractivity contribution is -0.122. The molecule has 0 spiro atoms. The maximum atomic E-state index is 11.5. The molecule has 1 rings (SSSR count). The van der Waals surface area contributed by atoms with Crippen molar-refractivity contribution in [1.82, 2.24) is 15.5 Å². The zero-order valence-corrected chi connectivity index (χ0v) is 10.4. The Balaban J connectivity index is 2.18. The van der Waals surface area contributed by atoms with E-state index < -0.39 is 0 Å². The van der Waals surface area contributed by atoms with Crippen molar-refractivity contribution in [3.8, 4) is 0 Å². The molecular weight excluding hydrogens is 220 g/mol. The number of hydrogen-bond acceptors (Lipinski definition) is 4. The predicted octanol–water partition coefficient (Wildman–Crippen LogP) is -1.34. The van der Waals surface area contributed by atoms with Gasteiger partial charge in [-0.25, -0.2) is 0 Å². The largest absolute Gasteiger partial charge is 0.369 e. The molecule has 17 heavy (non-hydrogen) atoms. The molecule has 0 atom stereocenters. The van der Waals surface area contributed by atoms with Crippen LogP contribution in [0.2, 0.25) is 0 Å². The van der Waals surface area contributed by atoms with E-state index in [2.05, 4.69) is 10.6 Å². The van der Waals surface area contributed by atoms with Gasteiger partial charge in [0.1, 0.15) is 0 Å². The molecule has 0 saturated carbocycles. The van der Waals surface area contributed by atoms with E-state index in [-0.39, 0.29) is 17.9 Å². The Morgan fingerprint density at radius 2 is 2.00 bits per heavy atom. The fourth-order valence-electron chi connectivity index (χ4n) is 1.97. The van der Waals surface area contributed by atoms with Crippen LogP contribution in [0.3, 0.4) is 0 Å². The fourth-order valence-corrected chi connectivity index (χ4v) is 1.97. The third-order valence-electron chi connectivity index (χ3n) is 2.87. The van der Waals surface area contributed by atoms with Crippen LogP contribution >= 0.6 is 0 Å². The molecule has 1 fully saturated rings. The average molecular weight is 242 g/mol. The zero-order chi connectivity index (χ0) is 12.7. The van der Waals surface area contributed by atoms with Crippen LogP contribution < -0.4 is 16.4 Å². The Hall–Kier alpha value is -1.14. The number of nitrogens with two attached hydrogens (primary N) is 1. The summed E-state index contributed by atoms with van der Waals surface area (Å²) in [5, 5.41) is 5.97. The Morgan fingerprint density at radius 3 is 2.53 bits per heavy atom. The third kappa shape index (κ3) is 5.65. The van der Waals surface area contributed by atoms with Gasteiger partial charge in [-0.2, -0.15) is 0 Å². The number of likely N-dealkylation sites (tertiary alicyclic amines) is 1. The number of rotatable bonds is 6. The van der Waals surface area contributed by atoms with Gasteiger partial charge in [-0.3, -0.25) is 14.5 Å². The standard InChI is InChI=1S/C11H22N4O2/c1-2-13-7-11(17)14-9-3-5-15(6-4-9)8-10(12)16/h9,13H,2-8H2,1H3,(H2,12,16)(H,14,17). The van der Waals surface area contributed by atoms with Crippen LogP contribution in [0.5, 0.6) is 0 Å². The van der Waals surface area contributed by atoms with E-state index in [4.69, 9.17) is 5.73 Å². The van der Waals surface area contributed by atoms with Gasteiger partial charge in [-0.05, 0) is 19.4 Å². The van der Waals surface area contributed by atoms with Crippen molar-refractivity contribution in [3.05, 3.63) is 0 Å². The molecule has 1 saturated heterocycles. The third-order valence-corrected chi connectivity index (χ3v) is 2.87. The summed E-state index contributed by atoms with van der Waals surface area (Å²) in [5.74, 6) is -0.250. The van der Waals surface area contributed by atoms with E-state index in [1.54, 1.807) is 0 Å². The van der Waals surface area contributed by atoms with E-state index in [0.29, 0.717) is 13.1 Å². The van der Waals surface area contributed by atoms with Crippen molar-refractivity contribution < 1.29 is 9.59 Å². The average Bonchev–Trinajstić information content (AvgIpc) is 2.28. The zero-order valence-electron chi connectivity index (χ0n) is 10.4. The summed E-state index contributed by atoms with van der Waals surface area (Å²) in [6, 6.07) is 0.227. The number of primary amides is 1.